The molecule has 0 radical (unpaired) electrons. The number of halogens is 1. The molecule has 6 heteroatoms. The van der Waals surface area contributed by atoms with Crippen LogP contribution < -0.4 is 9.64 Å². The predicted molar refractivity (Wildman–Crippen MR) is 121 cm³/mol. The van der Waals surface area contributed by atoms with E-state index in [0.717, 1.165) is 56.9 Å². The van der Waals surface area contributed by atoms with Crippen molar-refractivity contribution in [2.45, 2.75) is 51.4 Å². The van der Waals surface area contributed by atoms with E-state index in [1.165, 1.54) is 4.88 Å². The highest BCUT2D eigenvalue weighted by Crippen LogP contribution is 2.28. The summed E-state index contributed by atoms with van der Waals surface area (Å²) in [7, 11) is 2.09. The molecule has 1 saturated heterocycles. The largest absolute Gasteiger partial charge is 0.491 e. The van der Waals surface area contributed by atoms with Crippen LogP contribution in [0.25, 0.3) is 0 Å². The molecule has 0 spiro atoms. The van der Waals surface area contributed by atoms with Gasteiger partial charge in [0.25, 0.3) is 0 Å². The fourth-order valence-corrected chi connectivity index (χ4v) is 4.30. The Hall–Kier alpha value is -1.27. The molecule has 1 N–H and O–H groups in total. The average molecular weight is 425 g/mol. The quantitative estimate of drug-likeness (QED) is 0.659. The van der Waals surface area contributed by atoms with Crippen molar-refractivity contribution in [1.29, 1.82) is 0 Å². The standard InChI is InChI=1S/C22H32N2O2S.ClH/c1-18(2)26-20-8-6-19(7-9-20)23(3)13-10-22(25)11-14-24(15-12-22)17-21-5-4-16-27-21;/h4-9,16,18,25H,10-15,17H2,1-3H3;1H. The van der Waals surface area contributed by atoms with Crippen molar-refractivity contribution in [3.05, 3.63) is 46.7 Å². The summed E-state index contributed by atoms with van der Waals surface area (Å²) < 4.78 is 5.71. The molecular formula is C22H33ClN2O2S. The Morgan fingerprint density at radius 1 is 1.18 bits per heavy atom. The van der Waals surface area contributed by atoms with Gasteiger partial charge in [0.15, 0.2) is 0 Å². The maximum Gasteiger partial charge on any atom is 0.119 e. The first kappa shape index (κ1) is 23.0. The van der Waals surface area contributed by atoms with Gasteiger partial charge in [-0.05, 0) is 68.8 Å². The highest BCUT2D eigenvalue weighted by atomic mass is 35.5. The van der Waals surface area contributed by atoms with Gasteiger partial charge in [0.2, 0.25) is 0 Å². The Balaban J connectivity index is 0.00000280. The molecule has 0 aliphatic carbocycles. The van der Waals surface area contributed by atoms with Gasteiger partial charge in [-0.3, -0.25) is 4.90 Å². The Morgan fingerprint density at radius 2 is 1.86 bits per heavy atom. The van der Waals surface area contributed by atoms with Gasteiger partial charge in [0.05, 0.1) is 11.7 Å². The highest BCUT2D eigenvalue weighted by molar-refractivity contribution is 7.09. The van der Waals surface area contributed by atoms with E-state index in [1.807, 2.05) is 37.3 Å². The van der Waals surface area contributed by atoms with Crippen LogP contribution in [0.2, 0.25) is 0 Å². The number of nitrogens with zero attached hydrogens (tertiary/aromatic N) is 2. The second kappa shape index (κ2) is 10.5. The minimum absolute atomic E-state index is 0. The lowest BCUT2D eigenvalue weighted by molar-refractivity contribution is -0.0273. The van der Waals surface area contributed by atoms with E-state index in [9.17, 15) is 5.11 Å². The zero-order valence-corrected chi connectivity index (χ0v) is 18.8. The van der Waals surface area contributed by atoms with Gasteiger partial charge in [-0.2, -0.15) is 0 Å². The summed E-state index contributed by atoms with van der Waals surface area (Å²) in [5.41, 5.74) is 0.616. The SMILES string of the molecule is CC(C)Oc1ccc(N(C)CCC2(O)CCN(Cc3cccs3)CC2)cc1.Cl. The third kappa shape index (κ3) is 6.66. The normalized spacial score (nSPS) is 16.6. The number of thiophene rings is 1. The maximum atomic E-state index is 11.0. The van der Waals surface area contributed by atoms with Gasteiger partial charge in [0.1, 0.15) is 5.75 Å². The number of aliphatic hydroxyl groups is 1. The number of piperidine rings is 1. The number of hydrogen-bond donors (Lipinski definition) is 1. The third-order valence-corrected chi connectivity index (χ3v) is 6.17. The van der Waals surface area contributed by atoms with Crippen LogP contribution in [-0.2, 0) is 6.54 Å². The van der Waals surface area contributed by atoms with Crippen molar-refractivity contribution >= 4 is 29.4 Å². The van der Waals surface area contributed by atoms with Gasteiger partial charge in [0, 0.05) is 43.8 Å². The van der Waals surface area contributed by atoms with E-state index in [0.29, 0.717) is 0 Å². The van der Waals surface area contributed by atoms with Crippen LogP contribution >= 0.6 is 23.7 Å². The molecule has 1 aromatic carbocycles. The molecule has 2 aromatic rings. The molecule has 3 rings (SSSR count). The van der Waals surface area contributed by atoms with Gasteiger partial charge in [-0.1, -0.05) is 6.07 Å². The zero-order valence-electron chi connectivity index (χ0n) is 17.1. The number of hydrogen-bond acceptors (Lipinski definition) is 5. The molecule has 1 aliphatic rings. The van der Waals surface area contributed by atoms with E-state index in [4.69, 9.17) is 4.74 Å². The lowest BCUT2D eigenvalue weighted by Crippen LogP contribution is -2.45. The summed E-state index contributed by atoms with van der Waals surface area (Å²) in [4.78, 5) is 6.08. The molecule has 0 amide bonds. The number of anilines is 1. The molecule has 156 valence electrons. The molecule has 1 aliphatic heterocycles. The van der Waals surface area contributed by atoms with E-state index >= 15 is 0 Å². The number of ether oxygens (including phenoxy) is 1. The summed E-state index contributed by atoms with van der Waals surface area (Å²) in [6, 6.07) is 12.5. The number of benzene rings is 1. The zero-order chi connectivity index (χ0) is 19.3. The summed E-state index contributed by atoms with van der Waals surface area (Å²) in [6.45, 7) is 7.88. The van der Waals surface area contributed by atoms with Crippen LogP contribution in [0, 0.1) is 0 Å². The fourth-order valence-electron chi connectivity index (χ4n) is 3.56. The molecule has 1 fully saturated rings. The van der Waals surface area contributed by atoms with Crippen LogP contribution in [0.15, 0.2) is 41.8 Å². The van der Waals surface area contributed by atoms with Crippen LogP contribution in [0.1, 0.15) is 38.0 Å². The molecule has 0 saturated carbocycles. The van der Waals surface area contributed by atoms with Crippen LogP contribution in [0.5, 0.6) is 5.75 Å². The Labute approximate surface area is 179 Å². The molecule has 0 atom stereocenters. The Kier molecular flexibility index (Phi) is 8.62. The van der Waals surface area contributed by atoms with E-state index in [-0.39, 0.29) is 18.5 Å². The van der Waals surface area contributed by atoms with Gasteiger partial charge in [-0.25, -0.2) is 0 Å². The number of likely N-dealkylation sites (tertiary alicyclic amines) is 1. The monoisotopic (exact) mass is 424 g/mol. The lowest BCUT2D eigenvalue weighted by atomic mass is 9.88. The Morgan fingerprint density at radius 3 is 2.43 bits per heavy atom. The van der Waals surface area contributed by atoms with E-state index in [2.05, 4.69) is 46.5 Å². The van der Waals surface area contributed by atoms with E-state index < -0.39 is 5.60 Å². The van der Waals surface area contributed by atoms with Crippen molar-refractivity contribution in [3.8, 4) is 5.75 Å². The minimum Gasteiger partial charge on any atom is -0.491 e. The molecule has 4 nitrogen and oxygen atoms in total. The Bertz CT molecular complexity index is 683. The average Bonchev–Trinajstić information content (AvgIpc) is 3.15. The first-order chi connectivity index (χ1) is 12.9. The van der Waals surface area contributed by atoms with Gasteiger partial charge in [-0.15, -0.1) is 23.7 Å². The molecule has 2 heterocycles. The van der Waals surface area contributed by atoms with Crippen molar-refractivity contribution < 1.29 is 9.84 Å². The molecule has 0 unspecified atom stereocenters. The van der Waals surface area contributed by atoms with E-state index in [1.54, 1.807) is 0 Å². The topological polar surface area (TPSA) is 35.9 Å². The minimum atomic E-state index is -0.541. The van der Waals surface area contributed by atoms with Crippen molar-refractivity contribution in [1.82, 2.24) is 4.90 Å². The summed E-state index contributed by atoms with van der Waals surface area (Å²) in [5.74, 6) is 0.902. The smallest absolute Gasteiger partial charge is 0.119 e. The highest BCUT2D eigenvalue weighted by Gasteiger charge is 2.32. The van der Waals surface area contributed by atoms with Crippen LogP contribution in [0.4, 0.5) is 5.69 Å². The van der Waals surface area contributed by atoms with Crippen molar-refractivity contribution in [2.75, 3.05) is 31.6 Å². The molecular weight excluding hydrogens is 392 g/mol. The molecule has 28 heavy (non-hydrogen) atoms. The lowest BCUT2D eigenvalue weighted by Gasteiger charge is -2.39. The van der Waals surface area contributed by atoms with Gasteiger partial charge >= 0.3 is 0 Å². The first-order valence-corrected chi connectivity index (χ1v) is 10.8. The first-order valence-electron chi connectivity index (χ1n) is 9.88. The fraction of sp³-hybridized carbons (Fsp3) is 0.545. The second-order valence-electron chi connectivity index (χ2n) is 7.91. The summed E-state index contributed by atoms with van der Waals surface area (Å²) >= 11 is 1.81. The molecule has 1 aromatic heterocycles. The van der Waals surface area contributed by atoms with Crippen LogP contribution in [-0.4, -0.2) is 48.4 Å². The van der Waals surface area contributed by atoms with Gasteiger partial charge < -0.3 is 14.7 Å². The maximum absolute atomic E-state index is 11.0. The van der Waals surface area contributed by atoms with Crippen LogP contribution in [0.3, 0.4) is 0 Å². The third-order valence-electron chi connectivity index (χ3n) is 5.31. The second-order valence-corrected chi connectivity index (χ2v) is 8.94. The van der Waals surface area contributed by atoms with Crippen molar-refractivity contribution in [2.24, 2.45) is 0 Å². The number of rotatable bonds is 8. The molecule has 0 bridgehead atoms. The predicted octanol–water partition coefficient (Wildman–Crippen LogP) is 4.81. The van der Waals surface area contributed by atoms with Crippen molar-refractivity contribution in [3.63, 3.8) is 0 Å². The summed E-state index contributed by atoms with van der Waals surface area (Å²) in [5, 5.41) is 13.1. The summed E-state index contributed by atoms with van der Waals surface area (Å²) in [6.07, 6.45) is 2.70.